The van der Waals surface area contributed by atoms with Gasteiger partial charge < -0.3 is 26.0 Å². The van der Waals surface area contributed by atoms with Crippen molar-refractivity contribution in [3.63, 3.8) is 0 Å². The zero-order chi connectivity index (χ0) is 24.6. The summed E-state index contributed by atoms with van der Waals surface area (Å²) in [6.45, 7) is 1.94. The van der Waals surface area contributed by atoms with Crippen molar-refractivity contribution in [3.05, 3.63) is 29.8 Å². The largest absolute Gasteiger partial charge is 0.480 e. The number of carboxylic acids is 1. The van der Waals surface area contributed by atoms with E-state index in [0.29, 0.717) is 24.9 Å². The number of unbranched alkanes of at least 4 members (excludes halogenated alkanes) is 1. The predicted octanol–water partition coefficient (Wildman–Crippen LogP) is -1.09. The first kappa shape index (κ1) is 26.1. The Bertz CT molecular complexity index is 981. The smallest absolute Gasteiger partial charge is 0.323 e. The van der Waals surface area contributed by atoms with E-state index in [1.54, 1.807) is 24.3 Å². The molecule has 2 rings (SSSR count). The number of hydrogen-bond acceptors (Lipinski definition) is 7. The number of amides is 2. The van der Waals surface area contributed by atoms with Crippen LogP contribution in [0.5, 0.6) is 0 Å². The fraction of sp³-hybridized carbons (Fsp3) is 0.500. The Morgan fingerprint density at radius 1 is 1.24 bits per heavy atom. The fourth-order valence-corrected chi connectivity index (χ4v) is 4.59. The van der Waals surface area contributed by atoms with Crippen molar-refractivity contribution in [1.82, 2.24) is 14.9 Å². The van der Waals surface area contributed by atoms with Gasteiger partial charge in [-0.05, 0) is 30.7 Å². The van der Waals surface area contributed by atoms with E-state index in [9.17, 15) is 27.9 Å². The molecule has 2 amide bonds. The summed E-state index contributed by atoms with van der Waals surface area (Å²) in [5, 5.41) is 19.1. The average molecular weight is 483 g/mol. The standard InChI is InChI=1S/C20H30N6O6S/c1-2-3-10-33(31,32)24-16(20(29)30)11-23-17(27)12-26-9-8-25(13-18(26)28)15-6-4-14(5-7-15)19(21)22/h4-7,16,24H,2-3,8-13H2,1H3,(H3,21,22)(H,23,27)(H,29,30)/t16-/m0/s1. The summed E-state index contributed by atoms with van der Waals surface area (Å²) in [5.41, 5.74) is 6.81. The minimum Gasteiger partial charge on any atom is -0.480 e. The predicted molar refractivity (Wildman–Crippen MR) is 123 cm³/mol. The van der Waals surface area contributed by atoms with Gasteiger partial charge in [0.1, 0.15) is 11.9 Å². The zero-order valence-electron chi connectivity index (χ0n) is 18.4. The van der Waals surface area contributed by atoms with Crippen LogP contribution >= 0.6 is 0 Å². The summed E-state index contributed by atoms with van der Waals surface area (Å²) in [6.07, 6.45) is 1.03. The third kappa shape index (κ3) is 8.02. The van der Waals surface area contributed by atoms with Crippen molar-refractivity contribution in [1.29, 1.82) is 5.41 Å². The van der Waals surface area contributed by atoms with Gasteiger partial charge in [-0.2, -0.15) is 4.72 Å². The Morgan fingerprint density at radius 3 is 2.45 bits per heavy atom. The number of aliphatic carboxylic acids is 1. The van der Waals surface area contributed by atoms with Crippen molar-refractivity contribution in [3.8, 4) is 0 Å². The zero-order valence-corrected chi connectivity index (χ0v) is 19.2. The highest BCUT2D eigenvalue weighted by atomic mass is 32.2. The molecule has 33 heavy (non-hydrogen) atoms. The van der Waals surface area contributed by atoms with E-state index in [0.717, 1.165) is 5.69 Å². The molecule has 0 unspecified atom stereocenters. The molecule has 0 spiro atoms. The monoisotopic (exact) mass is 482 g/mol. The molecular formula is C20H30N6O6S. The number of sulfonamides is 1. The van der Waals surface area contributed by atoms with Crippen LogP contribution in [0.2, 0.25) is 0 Å². The summed E-state index contributed by atoms with van der Waals surface area (Å²) in [4.78, 5) is 39.3. The molecule has 0 aromatic heterocycles. The number of carbonyl (C=O) groups is 3. The number of nitrogen functional groups attached to an aromatic ring is 1. The first-order chi connectivity index (χ1) is 15.5. The molecule has 1 saturated heterocycles. The van der Waals surface area contributed by atoms with Crippen LogP contribution in [0.3, 0.4) is 0 Å². The summed E-state index contributed by atoms with van der Waals surface area (Å²) < 4.78 is 26.0. The molecule has 0 bridgehead atoms. The molecule has 1 aliphatic heterocycles. The Hall–Kier alpha value is -3.19. The van der Waals surface area contributed by atoms with Crippen LogP contribution in [0.25, 0.3) is 0 Å². The molecule has 182 valence electrons. The van der Waals surface area contributed by atoms with E-state index >= 15 is 0 Å². The third-order valence-corrected chi connectivity index (χ3v) is 6.56. The minimum atomic E-state index is -3.78. The number of benzene rings is 1. The number of nitrogens with one attached hydrogen (secondary N) is 3. The van der Waals surface area contributed by atoms with Crippen LogP contribution in [0.4, 0.5) is 5.69 Å². The second kappa shape index (κ2) is 11.6. The van der Waals surface area contributed by atoms with Gasteiger partial charge in [0.2, 0.25) is 21.8 Å². The van der Waals surface area contributed by atoms with Gasteiger partial charge in [0, 0.05) is 30.9 Å². The molecule has 12 nitrogen and oxygen atoms in total. The highest BCUT2D eigenvalue weighted by Crippen LogP contribution is 2.17. The summed E-state index contributed by atoms with van der Waals surface area (Å²) in [5.74, 6) is -2.51. The lowest BCUT2D eigenvalue weighted by Crippen LogP contribution is -2.54. The van der Waals surface area contributed by atoms with Crippen molar-refractivity contribution in [2.24, 2.45) is 5.73 Å². The van der Waals surface area contributed by atoms with E-state index in [4.69, 9.17) is 11.1 Å². The second-order valence-corrected chi connectivity index (χ2v) is 9.56. The fourth-order valence-electron chi connectivity index (χ4n) is 3.18. The average Bonchev–Trinajstić information content (AvgIpc) is 2.76. The third-order valence-electron chi connectivity index (χ3n) is 5.09. The van der Waals surface area contributed by atoms with Gasteiger partial charge in [-0.1, -0.05) is 13.3 Å². The quantitative estimate of drug-likeness (QED) is 0.184. The Morgan fingerprint density at radius 2 is 1.91 bits per heavy atom. The minimum absolute atomic E-state index is 0.0487. The van der Waals surface area contributed by atoms with Gasteiger partial charge in [0.15, 0.2) is 0 Å². The number of piperazine rings is 1. The Balaban J connectivity index is 1.85. The van der Waals surface area contributed by atoms with Gasteiger partial charge in [-0.25, -0.2) is 8.42 Å². The number of carboxylic acid groups (broad SMARTS) is 1. The number of nitrogens with zero attached hydrogens (tertiary/aromatic N) is 2. The van der Waals surface area contributed by atoms with Gasteiger partial charge in [0.05, 0.1) is 18.8 Å². The van der Waals surface area contributed by atoms with Crippen LogP contribution in [0.15, 0.2) is 24.3 Å². The van der Waals surface area contributed by atoms with Crippen LogP contribution in [-0.4, -0.2) is 86.6 Å². The number of amidine groups is 1. The lowest BCUT2D eigenvalue weighted by Gasteiger charge is -2.35. The van der Waals surface area contributed by atoms with Crippen molar-refractivity contribution < 1.29 is 27.9 Å². The molecule has 1 heterocycles. The summed E-state index contributed by atoms with van der Waals surface area (Å²) >= 11 is 0. The molecule has 1 fully saturated rings. The van der Waals surface area contributed by atoms with Crippen LogP contribution in [-0.2, 0) is 24.4 Å². The number of hydrogen-bond donors (Lipinski definition) is 5. The molecule has 0 saturated carbocycles. The molecular weight excluding hydrogens is 452 g/mol. The first-order valence-corrected chi connectivity index (χ1v) is 12.1. The molecule has 6 N–H and O–H groups in total. The lowest BCUT2D eigenvalue weighted by atomic mass is 10.1. The number of carbonyl (C=O) groups excluding carboxylic acids is 2. The molecule has 1 atom stereocenters. The van der Waals surface area contributed by atoms with Crippen LogP contribution in [0, 0.1) is 5.41 Å². The van der Waals surface area contributed by atoms with E-state index in [1.807, 2.05) is 11.8 Å². The highest BCUT2D eigenvalue weighted by Gasteiger charge is 2.27. The van der Waals surface area contributed by atoms with E-state index in [-0.39, 0.29) is 37.1 Å². The normalized spacial score (nSPS) is 15.2. The molecule has 0 aliphatic carbocycles. The molecule has 1 aromatic carbocycles. The number of rotatable bonds is 12. The maximum Gasteiger partial charge on any atom is 0.323 e. The molecule has 1 aromatic rings. The van der Waals surface area contributed by atoms with Crippen molar-refractivity contribution in [2.45, 2.75) is 25.8 Å². The highest BCUT2D eigenvalue weighted by molar-refractivity contribution is 7.89. The second-order valence-electron chi connectivity index (χ2n) is 7.68. The topological polar surface area (TPSA) is 186 Å². The van der Waals surface area contributed by atoms with Gasteiger partial charge in [0.25, 0.3) is 0 Å². The van der Waals surface area contributed by atoms with Crippen molar-refractivity contribution in [2.75, 3.05) is 43.4 Å². The Labute approximate surface area is 192 Å². The van der Waals surface area contributed by atoms with E-state index in [2.05, 4.69) is 10.0 Å². The maximum absolute atomic E-state index is 12.5. The molecule has 0 radical (unpaired) electrons. The van der Waals surface area contributed by atoms with Crippen molar-refractivity contribution >= 4 is 39.3 Å². The van der Waals surface area contributed by atoms with Crippen LogP contribution in [0.1, 0.15) is 25.3 Å². The molecule has 1 aliphatic rings. The van der Waals surface area contributed by atoms with Gasteiger partial charge in [-0.3, -0.25) is 19.8 Å². The molecule has 13 heteroatoms. The van der Waals surface area contributed by atoms with Gasteiger partial charge >= 0.3 is 5.97 Å². The van der Waals surface area contributed by atoms with E-state index < -0.39 is 34.5 Å². The number of anilines is 1. The first-order valence-electron chi connectivity index (χ1n) is 10.5. The number of nitrogens with two attached hydrogens (primary N) is 1. The maximum atomic E-state index is 12.5. The SMILES string of the molecule is CCCCS(=O)(=O)N[C@@H](CNC(=O)CN1CCN(c2ccc(C(=N)N)cc2)CC1=O)C(=O)O. The van der Waals surface area contributed by atoms with Gasteiger partial charge in [-0.15, -0.1) is 0 Å². The Kier molecular flexibility index (Phi) is 9.17. The van der Waals surface area contributed by atoms with Crippen LogP contribution < -0.4 is 20.7 Å². The summed E-state index contributed by atoms with van der Waals surface area (Å²) in [6, 6.07) is 5.41. The summed E-state index contributed by atoms with van der Waals surface area (Å²) in [7, 11) is -3.78. The van der Waals surface area contributed by atoms with E-state index in [1.165, 1.54) is 4.90 Å². The lowest BCUT2D eigenvalue weighted by molar-refractivity contribution is -0.139.